The summed E-state index contributed by atoms with van der Waals surface area (Å²) in [5.41, 5.74) is 2.25. The highest BCUT2D eigenvalue weighted by Crippen LogP contribution is 2.37. The topological polar surface area (TPSA) is 50.4 Å². The van der Waals surface area contributed by atoms with Crippen LogP contribution in [0.4, 0.5) is 0 Å². The van der Waals surface area contributed by atoms with Crippen molar-refractivity contribution in [1.82, 2.24) is 0 Å². The molecule has 0 fully saturated rings. The minimum Gasteiger partial charge on any atom is -0.507 e. The SMILES string of the molecule is CC(=O)c1c(O)ccc2oc3c(c12)CCCC3. The van der Waals surface area contributed by atoms with Crippen molar-refractivity contribution in [3.8, 4) is 5.75 Å². The van der Waals surface area contributed by atoms with E-state index in [9.17, 15) is 9.90 Å². The summed E-state index contributed by atoms with van der Waals surface area (Å²) in [4.78, 5) is 11.7. The highest BCUT2D eigenvalue weighted by Gasteiger charge is 2.23. The van der Waals surface area contributed by atoms with Gasteiger partial charge in [-0.05, 0) is 38.3 Å². The molecule has 0 aliphatic heterocycles. The molecule has 0 spiro atoms. The lowest BCUT2D eigenvalue weighted by molar-refractivity contribution is 0.101. The zero-order chi connectivity index (χ0) is 12.0. The second-order valence-corrected chi connectivity index (χ2v) is 4.60. The van der Waals surface area contributed by atoms with Crippen LogP contribution in [0.3, 0.4) is 0 Å². The molecule has 1 aliphatic rings. The van der Waals surface area contributed by atoms with Crippen molar-refractivity contribution in [1.29, 1.82) is 0 Å². The molecular formula is C14H14O3. The molecule has 88 valence electrons. The van der Waals surface area contributed by atoms with Gasteiger partial charge in [0.1, 0.15) is 17.1 Å². The van der Waals surface area contributed by atoms with Crippen molar-refractivity contribution in [3.63, 3.8) is 0 Å². The van der Waals surface area contributed by atoms with Gasteiger partial charge in [-0.25, -0.2) is 0 Å². The quantitative estimate of drug-likeness (QED) is 0.765. The van der Waals surface area contributed by atoms with Gasteiger partial charge in [-0.2, -0.15) is 0 Å². The number of furan rings is 1. The molecule has 1 N–H and O–H groups in total. The van der Waals surface area contributed by atoms with Crippen LogP contribution < -0.4 is 0 Å². The van der Waals surface area contributed by atoms with Gasteiger partial charge in [0.15, 0.2) is 5.78 Å². The Kier molecular flexibility index (Phi) is 2.21. The average Bonchev–Trinajstić information content (AvgIpc) is 2.67. The maximum atomic E-state index is 11.7. The number of hydrogen-bond acceptors (Lipinski definition) is 3. The number of hydrogen-bond donors (Lipinski definition) is 1. The maximum absolute atomic E-state index is 11.7. The second-order valence-electron chi connectivity index (χ2n) is 4.60. The monoisotopic (exact) mass is 230 g/mol. The van der Waals surface area contributed by atoms with Gasteiger partial charge in [-0.15, -0.1) is 0 Å². The molecule has 0 saturated heterocycles. The van der Waals surface area contributed by atoms with Crippen LogP contribution in [0, 0.1) is 0 Å². The second kappa shape index (κ2) is 3.62. The number of ketones is 1. The van der Waals surface area contributed by atoms with Crippen molar-refractivity contribution in [2.24, 2.45) is 0 Å². The van der Waals surface area contributed by atoms with E-state index in [0.717, 1.165) is 48.0 Å². The average molecular weight is 230 g/mol. The molecule has 0 bridgehead atoms. The van der Waals surface area contributed by atoms with Crippen molar-refractivity contribution in [2.75, 3.05) is 0 Å². The minimum atomic E-state index is -0.109. The number of carbonyl (C=O) groups is 1. The fraction of sp³-hybridized carbons (Fsp3) is 0.357. The number of aromatic hydroxyl groups is 1. The Balaban J connectivity index is 2.40. The van der Waals surface area contributed by atoms with Gasteiger partial charge in [0.05, 0.1) is 5.56 Å². The Morgan fingerprint density at radius 3 is 2.82 bits per heavy atom. The van der Waals surface area contributed by atoms with E-state index in [1.54, 1.807) is 6.07 Å². The predicted molar refractivity (Wildman–Crippen MR) is 64.5 cm³/mol. The van der Waals surface area contributed by atoms with Gasteiger partial charge in [0.25, 0.3) is 0 Å². The van der Waals surface area contributed by atoms with E-state index in [4.69, 9.17) is 4.42 Å². The van der Waals surface area contributed by atoms with Gasteiger partial charge in [-0.3, -0.25) is 4.79 Å². The van der Waals surface area contributed by atoms with Gasteiger partial charge < -0.3 is 9.52 Å². The first kappa shape index (κ1) is 10.4. The number of carbonyl (C=O) groups excluding carboxylic acids is 1. The van der Waals surface area contributed by atoms with Gasteiger partial charge in [0.2, 0.25) is 0 Å². The summed E-state index contributed by atoms with van der Waals surface area (Å²) in [5.74, 6) is 0.931. The van der Waals surface area contributed by atoms with Gasteiger partial charge >= 0.3 is 0 Å². The summed E-state index contributed by atoms with van der Waals surface area (Å²) >= 11 is 0. The first-order valence-corrected chi connectivity index (χ1v) is 5.95. The molecule has 0 amide bonds. The summed E-state index contributed by atoms with van der Waals surface area (Å²) < 4.78 is 5.77. The van der Waals surface area contributed by atoms with Crippen LogP contribution in [-0.2, 0) is 12.8 Å². The summed E-state index contributed by atoms with van der Waals surface area (Å²) in [6.45, 7) is 1.48. The number of benzene rings is 1. The molecule has 2 aromatic rings. The highest BCUT2D eigenvalue weighted by atomic mass is 16.3. The van der Waals surface area contributed by atoms with E-state index in [-0.39, 0.29) is 11.5 Å². The molecule has 1 aliphatic carbocycles. The Labute approximate surface area is 99.0 Å². The molecule has 3 nitrogen and oxygen atoms in total. The number of phenolic OH excluding ortho intramolecular Hbond substituents is 1. The van der Waals surface area contributed by atoms with Crippen molar-refractivity contribution >= 4 is 16.8 Å². The number of rotatable bonds is 1. The van der Waals surface area contributed by atoms with Gasteiger partial charge in [-0.1, -0.05) is 0 Å². The zero-order valence-corrected chi connectivity index (χ0v) is 9.75. The van der Waals surface area contributed by atoms with Crippen molar-refractivity contribution in [2.45, 2.75) is 32.6 Å². The third-order valence-electron chi connectivity index (χ3n) is 3.45. The molecule has 0 unspecified atom stereocenters. The van der Waals surface area contributed by atoms with E-state index < -0.39 is 0 Å². The fourth-order valence-electron chi connectivity index (χ4n) is 2.70. The Bertz CT molecular complexity index is 607. The normalized spacial score (nSPS) is 14.9. The zero-order valence-electron chi connectivity index (χ0n) is 9.75. The van der Waals surface area contributed by atoms with E-state index in [1.165, 1.54) is 13.0 Å². The number of phenols is 1. The van der Waals surface area contributed by atoms with Crippen LogP contribution >= 0.6 is 0 Å². The smallest absolute Gasteiger partial charge is 0.164 e. The predicted octanol–water partition coefficient (Wildman–Crippen LogP) is 3.22. The molecule has 17 heavy (non-hydrogen) atoms. The largest absolute Gasteiger partial charge is 0.507 e. The Morgan fingerprint density at radius 2 is 2.06 bits per heavy atom. The molecule has 1 aromatic heterocycles. The van der Waals surface area contributed by atoms with E-state index >= 15 is 0 Å². The molecule has 0 radical (unpaired) electrons. The third kappa shape index (κ3) is 1.46. The number of Topliss-reactive ketones (excluding diaryl/α,β-unsaturated/α-hetero) is 1. The summed E-state index contributed by atoms with van der Waals surface area (Å²) in [5, 5.41) is 10.7. The summed E-state index contributed by atoms with van der Waals surface area (Å²) in [7, 11) is 0. The van der Waals surface area contributed by atoms with Crippen LogP contribution in [0.5, 0.6) is 5.75 Å². The third-order valence-corrected chi connectivity index (χ3v) is 3.45. The molecule has 1 aromatic carbocycles. The van der Waals surface area contributed by atoms with Crippen LogP contribution in [0.15, 0.2) is 16.5 Å². The first-order chi connectivity index (χ1) is 8.18. The lowest BCUT2D eigenvalue weighted by atomic mass is 9.93. The highest BCUT2D eigenvalue weighted by molar-refractivity contribution is 6.09. The van der Waals surface area contributed by atoms with Crippen LogP contribution in [-0.4, -0.2) is 10.9 Å². The minimum absolute atomic E-state index is 0.0548. The molecule has 0 atom stereocenters. The van der Waals surface area contributed by atoms with Crippen LogP contribution in [0.2, 0.25) is 0 Å². The van der Waals surface area contributed by atoms with E-state index in [1.807, 2.05) is 0 Å². The van der Waals surface area contributed by atoms with Crippen molar-refractivity contribution in [3.05, 3.63) is 29.0 Å². The van der Waals surface area contributed by atoms with Crippen LogP contribution in [0.1, 0.15) is 41.4 Å². The Morgan fingerprint density at radius 1 is 1.29 bits per heavy atom. The van der Waals surface area contributed by atoms with Gasteiger partial charge in [0, 0.05) is 17.4 Å². The van der Waals surface area contributed by atoms with E-state index in [0.29, 0.717) is 5.56 Å². The maximum Gasteiger partial charge on any atom is 0.164 e. The fourth-order valence-corrected chi connectivity index (χ4v) is 2.70. The first-order valence-electron chi connectivity index (χ1n) is 5.95. The molecule has 3 heteroatoms. The molecular weight excluding hydrogens is 216 g/mol. The standard InChI is InChI=1S/C14H14O3/c1-8(15)13-10(16)6-7-12-14(13)9-4-2-3-5-11(9)17-12/h6-7,16H,2-5H2,1H3. The summed E-state index contributed by atoms with van der Waals surface area (Å²) in [6, 6.07) is 3.28. The summed E-state index contributed by atoms with van der Waals surface area (Å²) in [6.07, 6.45) is 4.12. The van der Waals surface area contributed by atoms with E-state index in [2.05, 4.69) is 0 Å². The Hall–Kier alpha value is -1.77. The number of aryl methyl sites for hydroxylation is 2. The van der Waals surface area contributed by atoms with Crippen LogP contribution in [0.25, 0.3) is 11.0 Å². The van der Waals surface area contributed by atoms with Crippen molar-refractivity contribution < 1.29 is 14.3 Å². The molecule has 3 rings (SSSR count). The lowest BCUT2D eigenvalue weighted by Crippen LogP contribution is -2.01. The molecule has 1 heterocycles. The lowest BCUT2D eigenvalue weighted by Gasteiger charge is -2.10. The number of fused-ring (bicyclic) bond motifs is 3. The molecule has 0 saturated carbocycles.